The Morgan fingerprint density at radius 2 is 1.22 bits per heavy atom. The third-order valence-electron chi connectivity index (χ3n) is 10.9. The molecule has 1 heterocycles. The molecule has 7 nitrogen and oxygen atoms in total. The van der Waals surface area contributed by atoms with Gasteiger partial charge >= 0.3 is 11.9 Å². The number of carbonyl (C=O) groups is 2. The summed E-state index contributed by atoms with van der Waals surface area (Å²) in [5.74, 6) is 0.404. The van der Waals surface area contributed by atoms with E-state index in [0.29, 0.717) is 11.5 Å². The highest BCUT2D eigenvalue weighted by molar-refractivity contribution is 7.21. The van der Waals surface area contributed by atoms with Crippen LogP contribution in [0.2, 0.25) is 0 Å². The van der Waals surface area contributed by atoms with Crippen molar-refractivity contribution in [2.75, 3.05) is 26.4 Å². The Kier molecular flexibility index (Phi) is 10.0. The van der Waals surface area contributed by atoms with Crippen molar-refractivity contribution in [1.29, 1.82) is 0 Å². The molecule has 1 unspecified atom stereocenters. The van der Waals surface area contributed by atoms with Crippen molar-refractivity contribution >= 4 is 55.0 Å². The molecule has 0 saturated heterocycles. The molecule has 59 heavy (non-hydrogen) atoms. The van der Waals surface area contributed by atoms with E-state index in [2.05, 4.69) is 135 Å². The predicted octanol–water partition coefficient (Wildman–Crippen LogP) is 11.2. The van der Waals surface area contributed by atoms with Crippen molar-refractivity contribution in [3.05, 3.63) is 187 Å². The number of aromatic nitrogens is 1. The van der Waals surface area contributed by atoms with Gasteiger partial charge in [0, 0.05) is 17.7 Å². The smallest absolute Gasteiger partial charge is 0.330 e. The molecule has 1 atom stereocenters. The molecule has 0 bridgehead atoms. The maximum absolute atomic E-state index is 11.7. The molecule has 0 amide bonds. The van der Waals surface area contributed by atoms with E-state index in [1.54, 1.807) is 11.3 Å². The highest BCUT2D eigenvalue weighted by Gasteiger charge is 2.46. The van der Waals surface area contributed by atoms with E-state index < -0.39 is 17.4 Å². The van der Waals surface area contributed by atoms with Gasteiger partial charge in [-0.05, 0) is 122 Å². The predicted molar refractivity (Wildman–Crippen MR) is 235 cm³/mol. The van der Waals surface area contributed by atoms with Crippen molar-refractivity contribution in [3.8, 4) is 33.2 Å². The van der Waals surface area contributed by atoms with E-state index in [1.165, 1.54) is 15.8 Å². The number of hydrogen-bond donors (Lipinski definition) is 0. The van der Waals surface area contributed by atoms with Gasteiger partial charge in [-0.15, -0.1) is 11.3 Å². The van der Waals surface area contributed by atoms with Crippen LogP contribution in [-0.2, 0) is 24.5 Å². The van der Waals surface area contributed by atoms with Crippen molar-refractivity contribution in [1.82, 2.24) is 4.98 Å². The molecular formula is C51H39NO6S. The summed E-state index contributed by atoms with van der Waals surface area (Å²) in [6.07, 6.45) is 2.29. The number of thiazole rings is 1. The van der Waals surface area contributed by atoms with Gasteiger partial charge in [-0.3, -0.25) is 0 Å². The zero-order valence-electron chi connectivity index (χ0n) is 32.4. The summed E-state index contributed by atoms with van der Waals surface area (Å²) in [6.45, 7) is 9.70. The molecule has 290 valence electrons. The Hall–Kier alpha value is -7.03. The number of fused-ring (bicyclic) bond motifs is 6. The highest BCUT2D eigenvalue weighted by Crippen LogP contribution is 2.58. The normalized spacial score (nSPS) is 14.1. The molecule has 0 aliphatic heterocycles. The number of esters is 2. The zero-order chi connectivity index (χ0) is 40.5. The van der Waals surface area contributed by atoms with Gasteiger partial charge in [0.15, 0.2) is 0 Å². The Morgan fingerprint density at radius 3 is 1.95 bits per heavy atom. The summed E-state index contributed by atoms with van der Waals surface area (Å²) in [5.41, 5.74) is 9.27. The van der Waals surface area contributed by atoms with E-state index in [4.69, 9.17) is 23.9 Å². The summed E-state index contributed by atoms with van der Waals surface area (Å²) in [6, 6.07) is 47.3. The van der Waals surface area contributed by atoms with Crippen molar-refractivity contribution in [3.63, 3.8) is 0 Å². The molecular weight excluding hydrogens is 755 g/mol. The second-order valence-corrected chi connectivity index (χ2v) is 15.5. The van der Waals surface area contributed by atoms with Gasteiger partial charge < -0.3 is 18.9 Å². The van der Waals surface area contributed by atoms with Gasteiger partial charge in [0.2, 0.25) is 0 Å². The maximum Gasteiger partial charge on any atom is 0.330 e. The van der Waals surface area contributed by atoms with Crippen LogP contribution in [0, 0.1) is 6.92 Å². The standard InChI is InChI=1S/C51H39NO6S/c1-4-48(53)57-24-22-55-40-18-14-36-27-39(17-13-37(36)28-40)51(38-15-11-33(12-16-38)50-52-46-21-10-32(3)26-47(46)59-50)44-20-19-41(56-23-25-58-49(54)5-2)31-43(44)42-29-34-8-6-7-9-35(34)30-45(42)51/h4-21,26-31H,1-2,22-25H2,3H3. The Bertz CT molecular complexity index is 2950. The molecule has 0 fully saturated rings. The van der Waals surface area contributed by atoms with Crippen LogP contribution >= 0.6 is 11.3 Å². The molecule has 1 aliphatic rings. The third kappa shape index (κ3) is 7.02. The molecule has 8 aromatic rings. The van der Waals surface area contributed by atoms with Crippen LogP contribution in [0.25, 0.3) is 53.5 Å². The number of carbonyl (C=O) groups excluding carboxylic acids is 2. The molecule has 0 radical (unpaired) electrons. The molecule has 7 aromatic carbocycles. The molecule has 0 N–H and O–H groups in total. The molecule has 1 aromatic heterocycles. The van der Waals surface area contributed by atoms with Gasteiger partial charge in [-0.25, -0.2) is 14.6 Å². The highest BCUT2D eigenvalue weighted by atomic mass is 32.1. The molecule has 0 spiro atoms. The van der Waals surface area contributed by atoms with Crippen molar-refractivity contribution in [2.24, 2.45) is 0 Å². The van der Waals surface area contributed by atoms with E-state index in [1.807, 2.05) is 18.2 Å². The van der Waals surface area contributed by atoms with Gasteiger partial charge in [-0.2, -0.15) is 0 Å². The van der Waals surface area contributed by atoms with Crippen LogP contribution in [-0.4, -0.2) is 43.4 Å². The zero-order valence-corrected chi connectivity index (χ0v) is 33.2. The van der Waals surface area contributed by atoms with Crippen molar-refractivity contribution < 1.29 is 28.5 Å². The van der Waals surface area contributed by atoms with Gasteiger partial charge in [0.05, 0.1) is 15.6 Å². The molecule has 8 heteroatoms. The number of aryl methyl sites for hydroxylation is 1. The molecule has 1 aliphatic carbocycles. The maximum atomic E-state index is 11.7. The van der Waals surface area contributed by atoms with E-state index in [0.717, 1.165) is 77.6 Å². The number of hydrogen-bond acceptors (Lipinski definition) is 8. The Balaban J connectivity index is 1.19. The number of rotatable bonds is 13. The average Bonchev–Trinajstić information content (AvgIpc) is 3.82. The first-order valence-corrected chi connectivity index (χ1v) is 20.2. The van der Waals surface area contributed by atoms with Crippen LogP contribution in [0.1, 0.15) is 27.8 Å². The number of ether oxygens (including phenoxy) is 4. The fourth-order valence-corrected chi connectivity index (χ4v) is 9.23. The van der Waals surface area contributed by atoms with Gasteiger partial charge in [0.1, 0.15) is 42.9 Å². The molecule has 9 rings (SSSR count). The largest absolute Gasteiger partial charge is 0.490 e. The summed E-state index contributed by atoms with van der Waals surface area (Å²) >= 11 is 1.71. The minimum absolute atomic E-state index is 0.111. The summed E-state index contributed by atoms with van der Waals surface area (Å²) in [5, 5.41) is 5.34. The van der Waals surface area contributed by atoms with Crippen LogP contribution in [0.3, 0.4) is 0 Å². The van der Waals surface area contributed by atoms with Gasteiger partial charge in [-0.1, -0.05) is 92.0 Å². The first-order chi connectivity index (χ1) is 28.8. The molecule has 0 saturated carbocycles. The third-order valence-corrected chi connectivity index (χ3v) is 11.9. The van der Waals surface area contributed by atoms with E-state index >= 15 is 0 Å². The number of benzene rings is 7. The second-order valence-electron chi connectivity index (χ2n) is 14.4. The monoisotopic (exact) mass is 793 g/mol. The van der Waals surface area contributed by atoms with Gasteiger partial charge in [0.25, 0.3) is 0 Å². The fourth-order valence-electron chi connectivity index (χ4n) is 8.16. The lowest BCUT2D eigenvalue weighted by Gasteiger charge is -2.34. The Morgan fingerprint density at radius 1 is 0.610 bits per heavy atom. The second kappa shape index (κ2) is 15.7. The average molecular weight is 794 g/mol. The van der Waals surface area contributed by atoms with E-state index in [-0.39, 0.29) is 26.4 Å². The first-order valence-electron chi connectivity index (χ1n) is 19.4. The van der Waals surface area contributed by atoms with Crippen LogP contribution in [0.15, 0.2) is 159 Å². The summed E-state index contributed by atoms with van der Waals surface area (Å²) in [4.78, 5) is 28.2. The van der Waals surface area contributed by atoms with Crippen LogP contribution in [0.4, 0.5) is 0 Å². The fraction of sp³-hybridized carbons (Fsp3) is 0.118. The topological polar surface area (TPSA) is 84.0 Å². The SMILES string of the molecule is C=CC(=O)OCCOc1ccc2c(c1)-c1cc3ccccc3cc1C2(c1ccc(-c2nc3ccc(C)cc3s2)cc1)c1ccc2cc(OCCOC(=O)C=C)ccc2c1. The minimum atomic E-state index is -0.714. The summed E-state index contributed by atoms with van der Waals surface area (Å²) < 4.78 is 23.6. The van der Waals surface area contributed by atoms with Crippen LogP contribution < -0.4 is 9.47 Å². The lowest BCUT2D eigenvalue weighted by Crippen LogP contribution is -2.28. The van der Waals surface area contributed by atoms with Crippen molar-refractivity contribution in [2.45, 2.75) is 12.3 Å². The Labute approximate surface area is 345 Å². The lowest BCUT2D eigenvalue weighted by atomic mass is 9.67. The number of nitrogens with zero attached hydrogens (tertiary/aromatic N) is 1. The minimum Gasteiger partial charge on any atom is -0.490 e. The first kappa shape index (κ1) is 37.5. The quantitative estimate of drug-likeness (QED) is 0.0653. The van der Waals surface area contributed by atoms with Crippen LogP contribution in [0.5, 0.6) is 11.5 Å². The summed E-state index contributed by atoms with van der Waals surface area (Å²) in [7, 11) is 0. The lowest BCUT2D eigenvalue weighted by molar-refractivity contribution is -0.139. The van der Waals surface area contributed by atoms with E-state index in [9.17, 15) is 9.59 Å².